The van der Waals surface area contributed by atoms with Crippen LogP contribution in [0.5, 0.6) is 11.5 Å². The number of thioether (sulfide) groups is 1. The monoisotopic (exact) mass is 1260 g/mol. The fraction of sp³-hybridized carbons (Fsp3) is 0.738. The molecular weight excluding hydrogens is 1160 g/mol. The molecule has 2 aromatic carbocycles. The van der Waals surface area contributed by atoms with Gasteiger partial charge in [0.25, 0.3) is 5.91 Å². The molecule has 0 spiro atoms. The maximum Gasteiger partial charge on any atom is 0.314 e. The van der Waals surface area contributed by atoms with Gasteiger partial charge in [0.2, 0.25) is 11.8 Å². The van der Waals surface area contributed by atoms with Crippen LogP contribution in [0, 0.1) is 11.6 Å². The number of carbonyl (C=O) groups excluding carboxylic acids is 4. The first-order chi connectivity index (χ1) is 42.3. The number of amides is 5. The molecule has 0 bridgehead atoms. The van der Waals surface area contributed by atoms with Crippen LogP contribution >= 0.6 is 11.8 Å². The lowest BCUT2D eigenvalue weighted by molar-refractivity contribution is -0.368. The molecule has 0 unspecified atom stereocenters. The summed E-state index contributed by atoms with van der Waals surface area (Å²) in [5, 5.41) is 14.8. The predicted octanol–water partition coefficient (Wildman–Crippen LogP) is 4.57. The van der Waals surface area contributed by atoms with E-state index in [0.717, 1.165) is 80.7 Å². The van der Waals surface area contributed by atoms with Gasteiger partial charge in [-0.15, -0.1) is 0 Å². The molecule has 1 fully saturated rings. The number of rotatable bonds is 59. The van der Waals surface area contributed by atoms with Crippen LogP contribution in [0.3, 0.4) is 0 Å². The Labute approximate surface area is 520 Å². The second-order valence-electron chi connectivity index (χ2n) is 19.7. The van der Waals surface area contributed by atoms with E-state index in [1.807, 2.05) is 36.0 Å². The Morgan fingerprint density at radius 1 is 0.500 bits per heavy atom. The highest BCUT2D eigenvalue weighted by molar-refractivity contribution is 8.00. The zero-order valence-corrected chi connectivity index (χ0v) is 53.0. The smallest absolute Gasteiger partial charge is 0.314 e. The van der Waals surface area contributed by atoms with E-state index in [1.54, 1.807) is 26.3 Å². The fourth-order valence-corrected chi connectivity index (χ4v) is 9.78. The first-order valence-electron chi connectivity index (χ1n) is 30.6. The highest BCUT2D eigenvalue weighted by Crippen LogP contribution is 2.31. The number of hydrogen-bond donors (Lipinski definition) is 5. The molecule has 0 aliphatic carbocycles. The van der Waals surface area contributed by atoms with Gasteiger partial charge in [0.05, 0.1) is 172 Å². The van der Waals surface area contributed by atoms with Crippen LogP contribution in [-0.2, 0) is 79.4 Å². The van der Waals surface area contributed by atoms with Crippen LogP contribution in [0.2, 0.25) is 0 Å². The molecule has 0 saturated carbocycles. The Morgan fingerprint density at radius 3 is 1.51 bits per heavy atom. The molecule has 1 aliphatic heterocycles. The Hall–Kier alpha value is -4.12. The Balaban J connectivity index is 0.929. The minimum Gasteiger partial charge on any atom is -0.493 e. The average molecular weight is 1260 g/mol. The molecule has 23 nitrogen and oxygen atoms in total. The van der Waals surface area contributed by atoms with Crippen LogP contribution < -0.4 is 36.1 Å². The van der Waals surface area contributed by atoms with Crippen LogP contribution in [0.4, 0.5) is 4.79 Å². The lowest BCUT2D eigenvalue weighted by atomic mass is 10.1. The van der Waals surface area contributed by atoms with Crippen molar-refractivity contribution in [3.63, 3.8) is 0 Å². The number of ether oxygens (including phenoxy) is 14. The number of alkyl halides is 1. The van der Waals surface area contributed by atoms with Gasteiger partial charge in [-0.2, -0.15) is 11.8 Å². The van der Waals surface area contributed by atoms with Gasteiger partial charge in [0, 0.05) is 68.6 Å². The molecule has 86 heavy (non-hydrogen) atoms. The molecular formula is C61H103ClN5O18S+. The van der Waals surface area contributed by atoms with Crippen molar-refractivity contribution in [2.45, 2.75) is 88.5 Å². The summed E-state index contributed by atoms with van der Waals surface area (Å²) in [6, 6.07) is 13.3. The number of unbranched alkanes of at least 4 members (excludes halogenated alkanes) is 3. The summed E-state index contributed by atoms with van der Waals surface area (Å²) < 4.78 is 77.8. The molecule has 0 aromatic heterocycles. The van der Waals surface area contributed by atoms with Gasteiger partial charge >= 0.3 is 6.03 Å². The van der Waals surface area contributed by atoms with Crippen molar-refractivity contribution in [2.75, 3.05) is 204 Å². The molecule has 492 valence electrons. The topological polar surface area (TPSA) is 258 Å². The van der Waals surface area contributed by atoms with Crippen LogP contribution in [0.25, 0.3) is 0 Å². The third kappa shape index (κ3) is 42.7. The first-order valence-corrected chi connectivity index (χ1v) is 32.2. The third-order valence-corrected chi connectivity index (χ3v) is 14.6. The van der Waals surface area contributed by atoms with E-state index in [-0.39, 0.29) is 42.8 Å². The summed E-state index contributed by atoms with van der Waals surface area (Å²) in [5.41, 5.74) is 2.66. The van der Waals surface area contributed by atoms with Gasteiger partial charge < -0.3 is 92.9 Å². The highest BCUT2D eigenvalue weighted by atomic mass is 35.5. The molecule has 5 N–H and O–H groups in total. The number of urea groups is 1. The van der Waals surface area contributed by atoms with E-state index < -0.39 is 0 Å². The molecule has 2 atom stereocenters. The molecule has 3 rings (SSSR count). The number of carbonyl (C=O) groups is 4. The van der Waals surface area contributed by atoms with Crippen molar-refractivity contribution in [1.82, 2.24) is 26.6 Å². The second kappa shape index (κ2) is 55.0. The van der Waals surface area contributed by atoms with Crippen molar-refractivity contribution >= 4 is 35.5 Å². The SMILES string of the molecule is CNC(=O)N[C@H]1CS[C@@H](CCCCC(=O)NCCOCCOCCOCCOCCOCCOCCOCCOCCOCCOCCOCCOCCC(=O)NCc2ccc(C(=O)NCCCCOc3ccc(CCCC[ClH+])cc3OC)cc2)C1. The Bertz CT molecular complexity index is 1990. The molecule has 1 heterocycles. The maximum absolute atomic E-state index is 12.6. The van der Waals surface area contributed by atoms with E-state index in [1.165, 1.54) is 5.56 Å². The number of aryl methyl sites for hydroxylation is 1. The van der Waals surface area contributed by atoms with E-state index >= 15 is 0 Å². The highest BCUT2D eigenvalue weighted by Gasteiger charge is 2.26. The van der Waals surface area contributed by atoms with Gasteiger partial charge in [-0.3, -0.25) is 14.4 Å². The van der Waals surface area contributed by atoms with Crippen molar-refractivity contribution in [3.8, 4) is 11.5 Å². The summed E-state index contributed by atoms with van der Waals surface area (Å²) in [5.74, 6) is 2.94. The number of benzene rings is 2. The van der Waals surface area contributed by atoms with Gasteiger partial charge in [-0.05, 0) is 80.3 Å². The van der Waals surface area contributed by atoms with E-state index in [9.17, 15) is 19.2 Å². The zero-order valence-electron chi connectivity index (χ0n) is 51.4. The Kier molecular flexibility index (Phi) is 48.7. The molecule has 5 amide bonds. The summed E-state index contributed by atoms with van der Waals surface area (Å²) in [6.45, 7) is 12.6. The predicted molar refractivity (Wildman–Crippen MR) is 326 cm³/mol. The number of halogens is 1. The third-order valence-electron chi connectivity index (χ3n) is 12.9. The van der Waals surface area contributed by atoms with Gasteiger partial charge in [-0.1, -0.05) is 24.6 Å². The lowest BCUT2D eigenvalue weighted by Crippen LogP contribution is -2.40. The summed E-state index contributed by atoms with van der Waals surface area (Å²) in [6.07, 6.45) is 9.26. The van der Waals surface area contributed by atoms with Crippen molar-refractivity contribution in [2.24, 2.45) is 0 Å². The van der Waals surface area contributed by atoms with E-state index in [0.29, 0.717) is 201 Å². The number of nitrogens with one attached hydrogen (secondary N) is 5. The van der Waals surface area contributed by atoms with E-state index in [4.69, 9.17) is 77.9 Å². The quantitative estimate of drug-likeness (QED) is 0.0449. The van der Waals surface area contributed by atoms with Crippen LogP contribution in [0.15, 0.2) is 42.5 Å². The minimum atomic E-state index is -0.145. The van der Waals surface area contributed by atoms with Crippen molar-refractivity contribution in [1.29, 1.82) is 0 Å². The number of methoxy groups -OCH3 is 1. The minimum absolute atomic E-state index is 0.0452. The summed E-state index contributed by atoms with van der Waals surface area (Å²) >= 11 is 6.94. The second-order valence-corrected chi connectivity index (χ2v) is 21.5. The van der Waals surface area contributed by atoms with E-state index in [2.05, 4.69) is 32.7 Å². The van der Waals surface area contributed by atoms with Crippen molar-refractivity contribution in [3.05, 3.63) is 59.2 Å². The standard InChI is InChI=1S/C61H102ClN5O18S/c1-63-61(71)67-54-48-55(86-50-54)10-3-4-11-58(68)64-21-24-74-26-28-76-30-32-78-34-36-80-38-40-82-42-44-84-46-45-83-43-41-81-39-37-79-35-33-77-31-29-75-27-25-73-23-18-59(69)66-49-52-12-15-53(16-13-52)60(70)65-20-7-8-22-85-56-17-14-51(9-5-6-19-62)47-57(56)72-2/h12-17,47,54-55,62H,3-11,18-46,48-50H2,1-2H3,(H4-,63,64,65,66,67,68,69,70,71)/p+1/t54-,55+/m1/s1. The molecule has 1 aliphatic rings. The summed E-state index contributed by atoms with van der Waals surface area (Å²) in [4.78, 5) is 48.5. The van der Waals surface area contributed by atoms with Crippen molar-refractivity contribution < 1.29 is 97.1 Å². The van der Waals surface area contributed by atoms with Gasteiger partial charge in [-0.25, -0.2) is 4.79 Å². The largest absolute Gasteiger partial charge is 0.493 e. The van der Waals surface area contributed by atoms with Gasteiger partial charge in [0.15, 0.2) is 17.4 Å². The summed E-state index contributed by atoms with van der Waals surface area (Å²) in [7, 11) is 3.27. The molecule has 25 heteroatoms. The number of hydrogen-bond acceptors (Lipinski definition) is 19. The fourth-order valence-electron chi connectivity index (χ4n) is 8.15. The lowest BCUT2D eigenvalue weighted by Gasteiger charge is -2.12. The first kappa shape index (κ1) is 76.1. The zero-order chi connectivity index (χ0) is 61.4. The van der Waals surface area contributed by atoms with Crippen LogP contribution in [-0.4, -0.2) is 239 Å². The molecule has 1 saturated heterocycles. The Morgan fingerprint density at radius 2 is 1.00 bits per heavy atom. The maximum atomic E-state index is 12.6. The van der Waals surface area contributed by atoms with Gasteiger partial charge in [0.1, 0.15) is 11.6 Å². The normalized spacial score (nSPS) is 13.8. The average Bonchev–Trinajstić information content (AvgIpc) is 4.12. The van der Waals surface area contributed by atoms with Crippen LogP contribution in [0.1, 0.15) is 85.7 Å². The molecule has 2 aromatic rings. The molecule has 0 radical (unpaired) electrons.